The Balaban J connectivity index is 2.18. The van der Waals surface area contributed by atoms with Crippen molar-refractivity contribution in [3.63, 3.8) is 0 Å². The minimum Gasteiger partial charge on any atom is -0.373 e. The van der Waals surface area contributed by atoms with Gasteiger partial charge in [0, 0.05) is 24.1 Å². The van der Waals surface area contributed by atoms with E-state index in [4.69, 9.17) is 4.74 Å². The molecule has 96 valence electrons. The molecular formula is C13H16BrN3O. The number of halogens is 1. The molecule has 0 radical (unpaired) electrons. The van der Waals surface area contributed by atoms with Crippen LogP contribution in [-0.2, 0) is 4.74 Å². The number of nitrogens with one attached hydrogen (secondary N) is 1. The van der Waals surface area contributed by atoms with Gasteiger partial charge in [-0.25, -0.2) is 0 Å². The molecular weight excluding hydrogens is 294 g/mol. The van der Waals surface area contributed by atoms with Crippen molar-refractivity contribution in [3.8, 4) is 6.07 Å². The van der Waals surface area contributed by atoms with E-state index < -0.39 is 0 Å². The lowest BCUT2D eigenvalue weighted by Crippen LogP contribution is -2.46. The molecule has 0 amide bonds. The number of anilines is 1. The molecule has 0 bridgehead atoms. The zero-order valence-corrected chi connectivity index (χ0v) is 11.9. The van der Waals surface area contributed by atoms with Gasteiger partial charge in [0.05, 0.1) is 24.0 Å². The molecule has 1 aromatic rings. The van der Waals surface area contributed by atoms with Gasteiger partial charge in [0.1, 0.15) is 6.07 Å². The summed E-state index contributed by atoms with van der Waals surface area (Å²) in [5.74, 6) is 0. The first-order chi connectivity index (χ1) is 8.74. The second-order valence-electron chi connectivity index (χ2n) is 4.27. The molecule has 0 aromatic heterocycles. The number of ether oxygens (including phenoxy) is 1. The van der Waals surface area contributed by atoms with Gasteiger partial charge in [-0.2, -0.15) is 5.26 Å². The van der Waals surface area contributed by atoms with Gasteiger partial charge in [-0.05, 0) is 25.2 Å². The fourth-order valence-electron chi connectivity index (χ4n) is 2.16. The summed E-state index contributed by atoms with van der Waals surface area (Å²) in [6, 6.07) is 8.07. The van der Waals surface area contributed by atoms with Crippen molar-refractivity contribution in [3.05, 3.63) is 28.2 Å². The topological polar surface area (TPSA) is 48.3 Å². The van der Waals surface area contributed by atoms with E-state index in [0.717, 1.165) is 29.8 Å². The van der Waals surface area contributed by atoms with Crippen molar-refractivity contribution >= 4 is 21.6 Å². The molecule has 1 unspecified atom stereocenters. The summed E-state index contributed by atoms with van der Waals surface area (Å²) >= 11 is 3.39. The summed E-state index contributed by atoms with van der Waals surface area (Å²) in [5.41, 5.74) is 1.69. The summed E-state index contributed by atoms with van der Waals surface area (Å²) in [6.07, 6.45) is 0.180. The van der Waals surface area contributed by atoms with E-state index in [1.807, 2.05) is 25.2 Å². The SMILES string of the molecule is CNCC1CN(c2ccc(Br)cc2C#N)CCO1. The Morgan fingerprint density at radius 1 is 1.61 bits per heavy atom. The van der Waals surface area contributed by atoms with Crippen LogP contribution in [0.1, 0.15) is 5.56 Å². The number of nitrogens with zero attached hydrogens (tertiary/aromatic N) is 2. The number of hydrogen-bond acceptors (Lipinski definition) is 4. The number of benzene rings is 1. The molecule has 1 heterocycles. The molecule has 1 atom stereocenters. The van der Waals surface area contributed by atoms with Crippen molar-refractivity contribution in [1.29, 1.82) is 5.26 Å². The first-order valence-electron chi connectivity index (χ1n) is 5.95. The maximum absolute atomic E-state index is 9.20. The van der Waals surface area contributed by atoms with Gasteiger partial charge in [-0.15, -0.1) is 0 Å². The highest BCUT2D eigenvalue weighted by Gasteiger charge is 2.21. The molecule has 1 aliphatic rings. The monoisotopic (exact) mass is 309 g/mol. The first-order valence-corrected chi connectivity index (χ1v) is 6.74. The maximum Gasteiger partial charge on any atom is 0.101 e. The van der Waals surface area contributed by atoms with Crippen LogP contribution in [0.5, 0.6) is 0 Å². The van der Waals surface area contributed by atoms with Crippen LogP contribution in [0.25, 0.3) is 0 Å². The van der Waals surface area contributed by atoms with Crippen molar-refractivity contribution in [2.24, 2.45) is 0 Å². The van der Waals surface area contributed by atoms with Crippen LogP contribution in [0, 0.1) is 11.3 Å². The molecule has 0 aliphatic carbocycles. The summed E-state index contributed by atoms with van der Waals surface area (Å²) in [7, 11) is 1.92. The lowest BCUT2D eigenvalue weighted by molar-refractivity contribution is 0.0421. The van der Waals surface area contributed by atoms with E-state index in [2.05, 4.69) is 32.2 Å². The summed E-state index contributed by atoms with van der Waals surface area (Å²) in [6.45, 7) is 3.18. The largest absolute Gasteiger partial charge is 0.373 e. The van der Waals surface area contributed by atoms with Gasteiger partial charge in [0.2, 0.25) is 0 Å². The molecule has 1 N–H and O–H groups in total. The van der Waals surface area contributed by atoms with Crippen LogP contribution in [0.2, 0.25) is 0 Å². The minimum absolute atomic E-state index is 0.180. The first kappa shape index (κ1) is 13.3. The summed E-state index contributed by atoms with van der Waals surface area (Å²) in [5, 5.41) is 12.3. The van der Waals surface area contributed by atoms with Gasteiger partial charge in [-0.3, -0.25) is 0 Å². The highest BCUT2D eigenvalue weighted by molar-refractivity contribution is 9.10. The Bertz CT molecular complexity index is 456. The van der Waals surface area contributed by atoms with Gasteiger partial charge >= 0.3 is 0 Å². The number of hydrogen-bond donors (Lipinski definition) is 1. The lowest BCUT2D eigenvalue weighted by Gasteiger charge is -2.35. The fraction of sp³-hybridized carbons (Fsp3) is 0.462. The standard InChI is InChI=1S/C13H16BrN3O/c1-16-8-12-9-17(4-5-18-12)13-3-2-11(14)6-10(13)7-15/h2-3,6,12,16H,4-5,8-9H2,1H3. The Kier molecular flexibility index (Phi) is 4.59. The molecule has 1 aromatic carbocycles. The van der Waals surface area contributed by atoms with E-state index in [0.29, 0.717) is 12.2 Å². The highest BCUT2D eigenvalue weighted by atomic mass is 79.9. The molecule has 1 fully saturated rings. The maximum atomic E-state index is 9.20. The predicted octanol–water partition coefficient (Wildman–Crippen LogP) is 1.75. The summed E-state index contributed by atoms with van der Waals surface area (Å²) in [4.78, 5) is 2.22. The van der Waals surface area contributed by atoms with Crippen LogP contribution in [0.3, 0.4) is 0 Å². The van der Waals surface area contributed by atoms with Crippen LogP contribution in [-0.4, -0.2) is 39.4 Å². The summed E-state index contributed by atoms with van der Waals surface area (Å²) < 4.78 is 6.60. The van der Waals surface area contributed by atoms with Gasteiger partial charge < -0.3 is 15.0 Å². The molecule has 1 saturated heterocycles. The fourth-order valence-corrected chi connectivity index (χ4v) is 2.52. The quantitative estimate of drug-likeness (QED) is 0.924. The highest BCUT2D eigenvalue weighted by Crippen LogP contribution is 2.25. The normalized spacial score (nSPS) is 19.6. The van der Waals surface area contributed by atoms with Crippen molar-refractivity contribution in [2.45, 2.75) is 6.10 Å². The van der Waals surface area contributed by atoms with Crippen LogP contribution in [0.15, 0.2) is 22.7 Å². The minimum atomic E-state index is 0.180. The molecule has 1 aliphatic heterocycles. The third-order valence-electron chi connectivity index (χ3n) is 2.99. The Hall–Kier alpha value is -1.09. The average molecular weight is 310 g/mol. The molecule has 18 heavy (non-hydrogen) atoms. The average Bonchev–Trinajstić information content (AvgIpc) is 2.39. The number of morpholine rings is 1. The van der Waals surface area contributed by atoms with Crippen LogP contribution >= 0.6 is 15.9 Å². The van der Waals surface area contributed by atoms with Gasteiger partial charge in [-0.1, -0.05) is 15.9 Å². The van der Waals surface area contributed by atoms with E-state index in [1.165, 1.54) is 0 Å². The third-order valence-corrected chi connectivity index (χ3v) is 3.48. The zero-order valence-electron chi connectivity index (χ0n) is 10.3. The smallest absolute Gasteiger partial charge is 0.101 e. The molecule has 2 rings (SSSR count). The van der Waals surface area contributed by atoms with E-state index in [-0.39, 0.29) is 6.10 Å². The Labute approximate surface area is 116 Å². The van der Waals surface area contributed by atoms with Crippen molar-refractivity contribution in [2.75, 3.05) is 38.2 Å². The van der Waals surface area contributed by atoms with Crippen LogP contribution in [0.4, 0.5) is 5.69 Å². The molecule has 0 spiro atoms. The van der Waals surface area contributed by atoms with Gasteiger partial charge in [0.25, 0.3) is 0 Å². The number of nitriles is 1. The van der Waals surface area contributed by atoms with Crippen molar-refractivity contribution < 1.29 is 4.74 Å². The van der Waals surface area contributed by atoms with E-state index >= 15 is 0 Å². The van der Waals surface area contributed by atoms with E-state index in [1.54, 1.807) is 0 Å². The van der Waals surface area contributed by atoms with E-state index in [9.17, 15) is 5.26 Å². The van der Waals surface area contributed by atoms with Crippen molar-refractivity contribution in [1.82, 2.24) is 5.32 Å². The predicted molar refractivity (Wildman–Crippen MR) is 74.7 cm³/mol. The second kappa shape index (κ2) is 6.19. The molecule has 0 saturated carbocycles. The zero-order chi connectivity index (χ0) is 13.0. The number of rotatable bonds is 3. The van der Waals surface area contributed by atoms with Gasteiger partial charge in [0.15, 0.2) is 0 Å². The third kappa shape index (κ3) is 3.02. The second-order valence-corrected chi connectivity index (χ2v) is 5.19. The molecule has 4 nitrogen and oxygen atoms in total. The molecule has 5 heteroatoms. The van der Waals surface area contributed by atoms with Crippen LogP contribution < -0.4 is 10.2 Å². The lowest BCUT2D eigenvalue weighted by atomic mass is 10.1. The Morgan fingerprint density at radius 3 is 3.17 bits per heavy atom. The number of likely N-dealkylation sites (N-methyl/N-ethyl adjacent to an activating group) is 1. The Morgan fingerprint density at radius 2 is 2.44 bits per heavy atom.